The van der Waals surface area contributed by atoms with Crippen molar-refractivity contribution in [3.63, 3.8) is 0 Å². The molecule has 0 bridgehead atoms. The summed E-state index contributed by atoms with van der Waals surface area (Å²) in [5.74, 6) is 0.947. The lowest BCUT2D eigenvalue weighted by Crippen LogP contribution is -2.41. The van der Waals surface area contributed by atoms with Crippen molar-refractivity contribution in [1.82, 2.24) is 10.6 Å². The second-order valence-corrected chi connectivity index (χ2v) is 4.89. The Morgan fingerprint density at radius 2 is 2.21 bits per heavy atom. The van der Waals surface area contributed by atoms with Crippen molar-refractivity contribution in [2.24, 2.45) is 0 Å². The van der Waals surface area contributed by atoms with E-state index in [1.165, 1.54) is 0 Å². The van der Waals surface area contributed by atoms with Gasteiger partial charge in [0.25, 0.3) is 0 Å². The highest BCUT2D eigenvalue weighted by Crippen LogP contribution is 2.20. The summed E-state index contributed by atoms with van der Waals surface area (Å²) in [5, 5.41) is 6.34. The first-order valence-corrected chi connectivity index (χ1v) is 6.92. The molecule has 0 aromatic heterocycles. The van der Waals surface area contributed by atoms with Crippen molar-refractivity contribution in [3.8, 4) is 5.75 Å². The van der Waals surface area contributed by atoms with E-state index in [2.05, 4.69) is 17.6 Å². The smallest absolute Gasteiger partial charge is 0.237 e. The first-order valence-electron chi connectivity index (χ1n) is 6.92. The summed E-state index contributed by atoms with van der Waals surface area (Å²) in [7, 11) is 1.65. The molecule has 1 aliphatic rings. The molecule has 0 spiro atoms. The number of ether oxygens (including phenoxy) is 1. The van der Waals surface area contributed by atoms with Crippen LogP contribution in [-0.2, 0) is 4.79 Å². The highest BCUT2D eigenvalue weighted by molar-refractivity contribution is 5.82. The van der Waals surface area contributed by atoms with Crippen molar-refractivity contribution >= 4 is 5.91 Å². The number of hydrogen-bond acceptors (Lipinski definition) is 3. The Hall–Kier alpha value is -1.55. The molecular weight excluding hydrogens is 240 g/mol. The number of carbonyl (C=O) groups is 1. The number of nitrogens with one attached hydrogen (secondary N) is 2. The molecule has 2 atom stereocenters. The molecule has 104 valence electrons. The van der Waals surface area contributed by atoms with E-state index < -0.39 is 0 Å². The maximum absolute atomic E-state index is 12.1. The average molecular weight is 262 g/mol. The Bertz CT molecular complexity index is 411. The van der Waals surface area contributed by atoms with Gasteiger partial charge in [0.05, 0.1) is 19.2 Å². The van der Waals surface area contributed by atoms with Crippen LogP contribution in [0.5, 0.6) is 5.75 Å². The van der Waals surface area contributed by atoms with Gasteiger partial charge < -0.3 is 15.4 Å². The van der Waals surface area contributed by atoms with Gasteiger partial charge in [-0.05, 0) is 43.5 Å². The van der Waals surface area contributed by atoms with Gasteiger partial charge in [-0.3, -0.25) is 4.79 Å². The molecular formula is C15H22N2O2. The fourth-order valence-electron chi connectivity index (χ4n) is 2.44. The zero-order valence-corrected chi connectivity index (χ0v) is 11.6. The second kappa shape index (κ2) is 6.57. The highest BCUT2D eigenvalue weighted by atomic mass is 16.5. The normalized spacial score (nSPS) is 20.0. The van der Waals surface area contributed by atoms with Gasteiger partial charge in [-0.15, -0.1) is 0 Å². The zero-order valence-electron chi connectivity index (χ0n) is 11.6. The third kappa shape index (κ3) is 3.47. The maximum atomic E-state index is 12.1. The van der Waals surface area contributed by atoms with Gasteiger partial charge in [0.15, 0.2) is 0 Å². The monoisotopic (exact) mass is 262 g/mol. The van der Waals surface area contributed by atoms with E-state index in [-0.39, 0.29) is 18.0 Å². The van der Waals surface area contributed by atoms with E-state index in [0.29, 0.717) is 0 Å². The van der Waals surface area contributed by atoms with Crippen LogP contribution in [0.1, 0.15) is 37.8 Å². The Morgan fingerprint density at radius 3 is 2.74 bits per heavy atom. The van der Waals surface area contributed by atoms with Crippen molar-refractivity contribution in [3.05, 3.63) is 29.8 Å². The van der Waals surface area contributed by atoms with Crippen LogP contribution in [0.25, 0.3) is 0 Å². The maximum Gasteiger partial charge on any atom is 0.237 e. The predicted molar refractivity (Wildman–Crippen MR) is 75.2 cm³/mol. The lowest BCUT2D eigenvalue weighted by Gasteiger charge is -2.20. The number of methoxy groups -OCH3 is 1. The fraction of sp³-hybridized carbons (Fsp3) is 0.533. The summed E-state index contributed by atoms with van der Waals surface area (Å²) in [5.41, 5.74) is 1.12. The molecule has 19 heavy (non-hydrogen) atoms. The van der Waals surface area contributed by atoms with E-state index in [1.807, 2.05) is 24.3 Å². The predicted octanol–water partition coefficient (Wildman–Crippen LogP) is 2.01. The van der Waals surface area contributed by atoms with Crippen LogP contribution >= 0.6 is 0 Å². The molecule has 1 heterocycles. The first-order chi connectivity index (χ1) is 9.24. The number of rotatable bonds is 5. The van der Waals surface area contributed by atoms with Crippen molar-refractivity contribution < 1.29 is 9.53 Å². The zero-order chi connectivity index (χ0) is 13.7. The van der Waals surface area contributed by atoms with E-state index in [9.17, 15) is 4.79 Å². The Labute approximate surface area is 114 Å². The van der Waals surface area contributed by atoms with Gasteiger partial charge in [0.1, 0.15) is 5.75 Å². The van der Waals surface area contributed by atoms with Gasteiger partial charge >= 0.3 is 0 Å². The third-order valence-corrected chi connectivity index (χ3v) is 3.62. The first kappa shape index (κ1) is 13.9. The van der Waals surface area contributed by atoms with Gasteiger partial charge in [0.2, 0.25) is 5.91 Å². The lowest BCUT2D eigenvalue weighted by atomic mass is 10.0. The summed E-state index contributed by atoms with van der Waals surface area (Å²) in [6.45, 7) is 3.02. The van der Waals surface area contributed by atoms with Crippen LogP contribution in [0.2, 0.25) is 0 Å². The standard InChI is InChI=1S/C15H22N2O2/c1-3-13(11-6-8-12(19-2)9-7-11)17-15(18)14-5-4-10-16-14/h6-9,13-14,16H,3-5,10H2,1-2H3,(H,17,18)/t13?,14-/m0/s1. The number of carbonyl (C=O) groups excluding carboxylic acids is 1. The molecule has 2 rings (SSSR count). The average Bonchev–Trinajstić information content (AvgIpc) is 2.99. The molecule has 0 radical (unpaired) electrons. The SMILES string of the molecule is CCC(NC(=O)[C@@H]1CCCN1)c1ccc(OC)cc1. The summed E-state index contributed by atoms with van der Waals surface area (Å²) in [4.78, 5) is 12.1. The van der Waals surface area contributed by atoms with Crippen LogP contribution in [-0.4, -0.2) is 25.6 Å². The molecule has 1 aliphatic heterocycles. The Morgan fingerprint density at radius 1 is 1.47 bits per heavy atom. The third-order valence-electron chi connectivity index (χ3n) is 3.62. The van der Waals surface area contributed by atoms with Crippen molar-refractivity contribution in [1.29, 1.82) is 0 Å². The molecule has 1 aromatic carbocycles. The lowest BCUT2D eigenvalue weighted by molar-refractivity contribution is -0.123. The minimum Gasteiger partial charge on any atom is -0.497 e. The van der Waals surface area contributed by atoms with Crippen LogP contribution in [0.15, 0.2) is 24.3 Å². The molecule has 2 N–H and O–H groups in total. The van der Waals surface area contributed by atoms with Crippen LogP contribution in [0, 0.1) is 0 Å². The molecule has 1 saturated heterocycles. The Kier molecular flexibility index (Phi) is 4.80. The van der Waals surface area contributed by atoms with Crippen LogP contribution < -0.4 is 15.4 Å². The Balaban J connectivity index is 2.00. The number of amides is 1. The summed E-state index contributed by atoms with van der Waals surface area (Å²) < 4.78 is 5.15. The van der Waals surface area contributed by atoms with Crippen LogP contribution in [0.4, 0.5) is 0 Å². The minimum atomic E-state index is -0.0210. The van der Waals surface area contributed by atoms with Gasteiger partial charge in [-0.25, -0.2) is 0 Å². The molecule has 1 aromatic rings. The molecule has 0 saturated carbocycles. The molecule has 4 heteroatoms. The quantitative estimate of drug-likeness (QED) is 0.853. The van der Waals surface area contributed by atoms with Gasteiger partial charge in [-0.2, -0.15) is 0 Å². The van der Waals surface area contributed by atoms with E-state index in [4.69, 9.17) is 4.74 Å². The second-order valence-electron chi connectivity index (χ2n) is 4.89. The highest BCUT2D eigenvalue weighted by Gasteiger charge is 2.24. The van der Waals surface area contributed by atoms with Crippen molar-refractivity contribution in [2.45, 2.75) is 38.3 Å². The molecule has 1 fully saturated rings. The van der Waals surface area contributed by atoms with Gasteiger partial charge in [0, 0.05) is 0 Å². The molecule has 4 nitrogen and oxygen atoms in total. The minimum absolute atomic E-state index is 0.0210. The molecule has 1 unspecified atom stereocenters. The number of hydrogen-bond donors (Lipinski definition) is 2. The summed E-state index contributed by atoms with van der Waals surface area (Å²) in [6.07, 6.45) is 2.90. The molecule has 0 aliphatic carbocycles. The molecule has 1 amide bonds. The van der Waals surface area contributed by atoms with E-state index >= 15 is 0 Å². The van der Waals surface area contributed by atoms with Crippen LogP contribution in [0.3, 0.4) is 0 Å². The van der Waals surface area contributed by atoms with E-state index in [1.54, 1.807) is 7.11 Å². The summed E-state index contributed by atoms with van der Waals surface area (Å²) in [6, 6.07) is 7.92. The fourth-order valence-corrected chi connectivity index (χ4v) is 2.44. The summed E-state index contributed by atoms with van der Waals surface area (Å²) >= 11 is 0. The van der Waals surface area contributed by atoms with Crippen molar-refractivity contribution in [2.75, 3.05) is 13.7 Å². The number of benzene rings is 1. The van der Waals surface area contributed by atoms with E-state index in [0.717, 1.165) is 37.1 Å². The largest absolute Gasteiger partial charge is 0.497 e. The van der Waals surface area contributed by atoms with Gasteiger partial charge in [-0.1, -0.05) is 19.1 Å². The topological polar surface area (TPSA) is 50.4 Å².